The number of rotatable bonds is 2. The van der Waals surface area contributed by atoms with Crippen molar-refractivity contribution in [3.05, 3.63) is 133 Å². The van der Waals surface area contributed by atoms with Crippen LogP contribution in [0.1, 0.15) is 0 Å². The van der Waals surface area contributed by atoms with E-state index in [1.54, 1.807) is 0 Å². The molecule has 1 heteroatoms. The van der Waals surface area contributed by atoms with Crippen molar-refractivity contribution in [2.75, 3.05) is 0 Å². The predicted molar refractivity (Wildman–Crippen MR) is 163 cm³/mol. The normalized spacial score (nSPS) is 11.8. The Bertz CT molecular complexity index is 2120. The molecule has 0 atom stereocenters. The maximum Gasteiger partial charge on any atom is 0.0440 e. The van der Waals surface area contributed by atoms with E-state index in [-0.39, 0.29) is 0 Å². The van der Waals surface area contributed by atoms with E-state index < -0.39 is 0 Å². The van der Waals surface area contributed by atoms with Crippen LogP contribution in [0.5, 0.6) is 0 Å². The molecule has 0 spiro atoms. The maximum absolute atomic E-state index is 2.39. The van der Waals surface area contributed by atoms with Gasteiger partial charge in [0, 0.05) is 25.6 Å². The topological polar surface area (TPSA) is 0 Å². The summed E-state index contributed by atoms with van der Waals surface area (Å²) in [5.74, 6) is 0. The predicted octanol–water partition coefficient (Wildman–Crippen LogP) is 10.8. The van der Waals surface area contributed by atoms with E-state index in [9.17, 15) is 0 Å². The summed E-state index contributed by atoms with van der Waals surface area (Å²) >= 11 is 1.91. The van der Waals surface area contributed by atoms with Gasteiger partial charge in [0.2, 0.25) is 0 Å². The van der Waals surface area contributed by atoms with Crippen molar-refractivity contribution in [1.29, 1.82) is 0 Å². The first-order valence-corrected chi connectivity index (χ1v) is 13.5. The average molecular weight is 487 g/mol. The molecule has 0 N–H and O–H groups in total. The second kappa shape index (κ2) is 8.03. The van der Waals surface area contributed by atoms with Crippen LogP contribution in [0.4, 0.5) is 0 Å². The van der Waals surface area contributed by atoms with Gasteiger partial charge in [0.15, 0.2) is 0 Å². The van der Waals surface area contributed by atoms with Gasteiger partial charge < -0.3 is 0 Å². The molecule has 0 saturated heterocycles. The lowest BCUT2D eigenvalue weighted by molar-refractivity contribution is 1.63. The van der Waals surface area contributed by atoms with Gasteiger partial charge >= 0.3 is 0 Å². The fourth-order valence-electron chi connectivity index (χ4n) is 5.91. The molecule has 172 valence electrons. The van der Waals surface area contributed by atoms with E-state index in [4.69, 9.17) is 0 Å². The van der Waals surface area contributed by atoms with E-state index in [1.807, 2.05) is 11.3 Å². The van der Waals surface area contributed by atoms with Gasteiger partial charge in [-0.25, -0.2) is 0 Å². The minimum absolute atomic E-state index is 1.25. The molecule has 0 nitrogen and oxygen atoms in total. The van der Waals surface area contributed by atoms with Crippen molar-refractivity contribution < 1.29 is 0 Å². The molecule has 1 aromatic heterocycles. The van der Waals surface area contributed by atoms with Crippen molar-refractivity contribution in [2.24, 2.45) is 0 Å². The maximum atomic E-state index is 2.39. The monoisotopic (exact) mass is 486 g/mol. The van der Waals surface area contributed by atoms with Crippen molar-refractivity contribution in [2.45, 2.75) is 0 Å². The van der Waals surface area contributed by atoms with Gasteiger partial charge in [0.05, 0.1) is 0 Å². The minimum Gasteiger partial charge on any atom is -0.135 e. The highest BCUT2D eigenvalue weighted by molar-refractivity contribution is 7.27. The minimum atomic E-state index is 1.25. The molecule has 8 aromatic rings. The third kappa shape index (κ3) is 3.15. The molecule has 7 aromatic carbocycles. The Balaban J connectivity index is 1.31. The molecule has 0 bridgehead atoms. The second-order valence-electron chi connectivity index (χ2n) is 9.71. The third-order valence-corrected chi connectivity index (χ3v) is 8.87. The zero-order chi connectivity index (χ0) is 24.3. The molecule has 1 heterocycles. The Morgan fingerprint density at radius 2 is 0.973 bits per heavy atom. The number of hydrogen-bond donors (Lipinski definition) is 0. The number of hydrogen-bond acceptors (Lipinski definition) is 1. The summed E-state index contributed by atoms with van der Waals surface area (Å²) in [5.41, 5.74) is 5.03. The molecule has 8 rings (SSSR count). The van der Waals surface area contributed by atoms with E-state index in [1.165, 1.54) is 74.7 Å². The first-order chi connectivity index (χ1) is 18.3. The molecule has 0 amide bonds. The van der Waals surface area contributed by atoms with E-state index in [0.29, 0.717) is 0 Å². The van der Waals surface area contributed by atoms with Crippen LogP contribution in [0.15, 0.2) is 133 Å². The van der Waals surface area contributed by atoms with Crippen LogP contribution in [0.2, 0.25) is 0 Å². The molecule has 0 aliphatic carbocycles. The fraction of sp³-hybridized carbons (Fsp3) is 0. The van der Waals surface area contributed by atoms with Crippen molar-refractivity contribution in [3.8, 4) is 22.3 Å². The number of benzene rings is 7. The van der Waals surface area contributed by atoms with Crippen LogP contribution in [0, 0.1) is 0 Å². The third-order valence-electron chi connectivity index (χ3n) is 7.67. The van der Waals surface area contributed by atoms with Crippen LogP contribution in [0.25, 0.3) is 74.7 Å². The zero-order valence-electron chi connectivity index (χ0n) is 20.1. The quantitative estimate of drug-likeness (QED) is 0.213. The van der Waals surface area contributed by atoms with Gasteiger partial charge in [0.1, 0.15) is 0 Å². The molecule has 0 radical (unpaired) electrons. The highest BCUT2D eigenvalue weighted by Gasteiger charge is 2.14. The lowest BCUT2D eigenvalue weighted by Gasteiger charge is -2.09. The summed E-state index contributed by atoms with van der Waals surface area (Å²) in [5, 5.41) is 10.6. The molecule has 0 aliphatic heterocycles. The summed E-state index contributed by atoms with van der Waals surface area (Å²) in [6.45, 7) is 0. The first kappa shape index (κ1) is 20.7. The van der Waals surface area contributed by atoms with Gasteiger partial charge in [-0.2, -0.15) is 0 Å². The average Bonchev–Trinajstić information content (AvgIpc) is 3.36. The van der Waals surface area contributed by atoms with Crippen LogP contribution >= 0.6 is 11.3 Å². The van der Waals surface area contributed by atoms with Crippen LogP contribution < -0.4 is 0 Å². The van der Waals surface area contributed by atoms with Gasteiger partial charge in [-0.15, -0.1) is 11.3 Å². The van der Waals surface area contributed by atoms with E-state index in [0.717, 1.165) is 0 Å². The van der Waals surface area contributed by atoms with E-state index in [2.05, 4.69) is 133 Å². The molecular weight excluding hydrogens is 464 g/mol. The zero-order valence-corrected chi connectivity index (χ0v) is 20.9. The van der Waals surface area contributed by atoms with Gasteiger partial charge in [0.25, 0.3) is 0 Å². The van der Waals surface area contributed by atoms with Crippen LogP contribution in [-0.4, -0.2) is 0 Å². The molecule has 37 heavy (non-hydrogen) atoms. The Morgan fingerprint density at radius 3 is 1.78 bits per heavy atom. The van der Waals surface area contributed by atoms with Crippen molar-refractivity contribution >= 4 is 63.8 Å². The second-order valence-corrected chi connectivity index (χ2v) is 10.8. The molecule has 0 unspecified atom stereocenters. The van der Waals surface area contributed by atoms with Gasteiger partial charge in [-0.3, -0.25) is 0 Å². The summed E-state index contributed by atoms with van der Waals surface area (Å²) in [6.07, 6.45) is 0. The van der Waals surface area contributed by atoms with E-state index >= 15 is 0 Å². The molecular formula is C36H22S. The number of thiophene rings is 1. The SMILES string of the molecule is c1ccc2c(-c3ccc(-c4ccc5sc6c7ccccc7c7ccccc7c6c5c4)cc3)cccc2c1. The molecule has 0 saturated carbocycles. The van der Waals surface area contributed by atoms with Gasteiger partial charge in [-0.1, -0.05) is 121 Å². The summed E-state index contributed by atoms with van der Waals surface area (Å²) in [4.78, 5) is 0. The molecule has 0 fully saturated rings. The standard InChI is InChI=1S/C36H22S/c1-2-10-27-24(8-1)9-7-15-28(27)25-18-16-23(17-19-25)26-20-21-34-33(22-26)35-31-13-5-3-11-29(31)30-12-4-6-14-32(30)36(35)37-34/h1-22H. The largest absolute Gasteiger partial charge is 0.135 e. The fourth-order valence-corrected chi connectivity index (χ4v) is 7.14. The highest BCUT2D eigenvalue weighted by Crippen LogP contribution is 2.44. The van der Waals surface area contributed by atoms with Crippen molar-refractivity contribution in [1.82, 2.24) is 0 Å². The number of fused-ring (bicyclic) bond motifs is 9. The summed E-state index contributed by atoms with van der Waals surface area (Å²) < 4.78 is 2.72. The Hall–Kier alpha value is -4.46. The van der Waals surface area contributed by atoms with Crippen LogP contribution in [-0.2, 0) is 0 Å². The molecule has 0 aliphatic rings. The summed E-state index contributed by atoms with van der Waals surface area (Å²) in [6, 6.07) is 48.9. The van der Waals surface area contributed by atoms with Crippen molar-refractivity contribution in [3.63, 3.8) is 0 Å². The first-order valence-electron chi connectivity index (χ1n) is 12.7. The Labute approximate surface area is 219 Å². The lowest BCUT2D eigenvalue weighted by Crippen LogP contribution is -1.83. The smallest absolute Gasteiger partial charge is 0.0440 e. The highest BCUT2D eigenvalue weighted by atomic mass is 32.1. The lowest BCUT2D eigenvalue weighted by atomic mass is 9.94. The van der Waals surface area contributed by atoms with Gasteiger partial charge in [-0.05, 0) is 61.3 Å². The Morgan fingerprint density at radius 1 is 0.378 bits per heavy atom. The Kier molecular flexibility index (Phi) is 4.49. The van der Waals surface area contributed by atoms with Crippen LogP contribution in [0.3, 0.4) is 0 Å². The summed E-state index contributed by atoms with van der Waals surface area (Å²) in [7, 11) is 0.